The average molecular weight is 209 g/mol. The van der Waals surface area contributed by atoms with Crippen molar-refractivity contribution in [2.45, 2.75) is 45.1 Å². The van der Waals surface area contributed by atoms with Gasteiger partial charge in [0.25, 0.3) is 5.95 Å². The summed E-state index contributed by atoms with van der Waals surface area (Å²) in [5.41, 5.74) is 0.974. The zero-order chi connectivity index (χ0) is 11.1. The van der Waals surface area contributed by atoms with Gasteiger partial charge >= 0.3 is 0 Å². The van der Waals surface area contributed by atoms with Crippen LogP contribution < -0.4 is 4.74 Å². The Balaban J connectivity index is 2.27. The van der Waals surface area contributed by atoms with Crippen LogP contribution in [0.3, 0.4) is 0 Å². The summed E-state index contributed by atoms with van der Waals surface area (Å²) in [6.07, 6.45) is 3.84. The van der Waals surface area contributed by atoms with Gasteiger partial charge < -0.3 is 4.74 Å². The van der Waals surface area contributed by atoms with Crippen molar-refractivity contribution in [3.05, 3.63) is 23.8 Å². The fourth-order valence-electron chi connectivity index (χ4n) is 1.29. The van der Waals surface area contributed by atoms with Crippen LogP contribution in [0.15, 0.2) is 12.3 Å². The number of nitrogens with zero attached hydrogens (tertiary/aromatic N) is 1. The van der Waals surface area contributed by atoms with Gasteiger partial charge in [0, 0.05) is 6.20 Å². The zero-order valence-electron chi connectivity index (χ0n) is 9.38. The summed E-state index contributed by atoms with van der Waals surface area (Å²) in [5.74, 6) is -0.208. The van der Waals surface area contributed by atoms with E-state index in [1.54, 1.807) is 12.3 Å². The first-order valence-corrected chi connectivity index (χ1v) is 5.29. The molecule has 2 nitrogen and oxygen atoms in total. The molecule has 0 aromatic carbocycles. The van der Waals surface area contributed by atoms with Crippen molar-refractivity contribution in [1.29, 1.82) is 0 Å². The molecule has 1 saturated carbocycles. The van der Waals surface area contributed by atoms with E-state index >= 15 is 0 Å². The number of ether oxygens (including phenoxy) is 1. The quantitative estimate of drug-likeness (QED) is 0.698. The van der Waals surface area contributed by atoms with E-state index < -0.39 is 5.95 Å². The van der Waals surface area contributed by atoms with Crippen LogP contribution in [0.25, 0.3) is 0 Å². The minimum atomic E-state index is -0.505. The predicted octanol–water partition coefficient (Wildman–Crippen LogP) is 3.06. The zero-order valence-corrected chi connectivity index (χ0v) is 9.38. The lowest BCUT2D eigenvalue weighted by molar-refractivity contribution is 0.282. The van der Waals surface area contributed by atoms with E-state index in [1.807, 2.05) is 0 Å². The molecule has 3 heteroatoms. The van der Waals surface area contributed by atoms with Crippen molar-refractivity contribution in [1.82, 2.24) is 4.98 Å². The monoisotopic (exact) mass is 209 g/mol. The molecule has 82 valence electrons. The molecule has 0 radical (unpaired) electrons. The van der Waals surface area contributed by atoms with Gasteiger partial charge in [0.05, 0.1) is 6.10 Å². The Labute approximate surface area is 89.5 Å². The van der Waals surface area contributed by atoms with Gasteiger partial charge in [-0.3, -0.25) is 0 Å². The molecule has 0 N–H and O–H groups in total. The number of hydrogen-bond donors (Lipinski definition) is 0. The SMILES string of the molecule is CC(C)(C)c1cnc(F)c(OC2CC2)c1. The molecule has 0 bridgehead atoms. The molecule has 1 aliphatic rings. The summed E-state index contributed by atoms with van der Waals surface area (Å²) in [4.78, 5) is 3.73. The third kappa shape index (κ3) is 2.46. The Morgan fingerprint density at radius 1 is 1.40 bits per heavy atom. The molecule has 0 amide bonds. The second-order valence-corrected chi connectivity index (χ2v) is 5.08. The summed E-state index contributed by atoms with van der Waals surface area (Å²) in [7, 11) is 0. The standard InChI is InChI=1S/C12H16FNO/c1-12(2,3)8-6-10(11(13)14-7-8)15-9-4-5-9/h6-7,9H,4-5H2,1-3H3. The molecule has 0 aliphatic heterocycles. The first-order chi connectivity index (χ1) is 6.97. The largest absolute Gasteiger partial charge is 0.486 e. The van der Waals surface area contributed by atoms with Crippen molar-refractivity contribution in [3.8, 4) is 5.75 Å². The molecule has 0 spiro atoms. The normalized spacial score (nSPS) is 16.5. The Morgan fingerprint density at radius 2 is 2.07 bits per heavy atom. The fourth-order valence-corrected chi connectivity index (χ4v) is 1.29. The maximum absolute atomic E-state index is 13.3. The molecule has 1 aromatic rings. The van der Waals surface area contributed by atoms with E-state index in [9.17, 15) is 4.39 Å². The second-order valence-electron chi connectivity index (χ2n) is 5.08. The van der Waals surface area contributed by atoms with Crippen molar-refractivity contribution in [3.63, 3.8) is 0 Å². The Hall–Kier alpha value is -1.12. The highest BCUT2D eigenvalue weighted by atomic mass is 19.1. The lowest BCUT2D eigenvalue weighted by Crippen LogP contribution is -2.12. The van der Waals surface area contributed by atoms with E-state index in [0.29, 0.717) is 5.75 Å². The number of hydrogen-bond acceptors (Lipinski definition) is 2. The third-order valence-electron chi connectivity index (χ3n) is 2.49. The summed E-state index contributed by atoms with van der Waals surface area (Å²) >= 11 is 0. The van der Waals surface area contributed by atoms with Crippen molar-refractivity contribution in [2.24, 2.45) is 0 Å². The molecule has 2 rings (SSSR count). The topological polar surface area (TPSA) is 22.1 Å². The van der Waals surface area contributed by atoms with E-state index in [0.717, 1.165) is 18.4 Å². The molecule has 1 heterocycles. The fraction of sp³-hybridized carbons (Fsp3) is 0.583. The lowest BCUT2D eigenvalue weighted by Gasteiger charge is -2.19. The highest BCUT2D eigenvalue weighted by Crippen LogP contribution is 2.31. The van der Waals surface area contributed by atoms with Gasteiger partial charge in [0.15, 0.2) is 5.75 Å². The van der Waals surface area contributed by atoms with Crippen LogP contribution in [0.4, 0.5) is 4.39 Å². The minimum Gasteiger partial charge on any atom is -0.486 e. The summed E-state index contributed by atoms with van der Waals surface area (Å²) in [6, 6.07) is 1.76. The van der Waals surface area contributed by atoms with Crippen LogP contribution >= 0.6 is 0 Å². The molecular weight excluding hydrogens is 193 g/mol. The van der Waals surface area contributed by atoms with Gasteiger partial charge in [-0.25, -0.2) is 4.98 Å². The molecule has 0 atom stereocenters. The first-order valence-electron chi connectivity index (χ1n) is 5.29. The highest BCUT2D eigenvalue weighted by molar-refractivity contribution is 5.30. The summed E-state index contributed by atoms with van der Waals surface area (Å²) < 4.78 is 18.8. The van der Waals surface area contributed by atoms with E-state index in [2.05, 4.69) is 25.8 Å². The number of pyridine rings is 1. The van der Waals surface area contributed by atoms with Crippen LogP contribution in [-0.4, -0.2) is 11.1 Å². The summed E-state index contributed by atoms with van der Waals surface area (Å²) in [5, 5.41) is 0. The Morgan fingerprint density at radius 3 is 2.60 bits per heavy atom. The number of aromatic nitrogens is 1. The van der Waals surface area contributed by atoms with Gasteiger partial charge in [-0.1, -0.05) is 20.8 Å². The van der Waals surface area contributed by atoms with Crippen molar-refractivity contribution < 1.29 is 9.13 Å². The molecule has 1 aliphatic carbocycles. The molecule has 0 unspecified atom stereocenters. The first kappa shape index (κ1) is 10.4. The number of rotatable bonds is 2. The number of halogens is 1. The summed E-state index contributed by atoms with van der Waals surface area (Å²) in [6.45, 7) is 6.22. The maximum Gasteiger partial charge on any atom is 0.255 e. The Kier molecular flexibility index (Phi) is 2.41. The van der Waals surface area contributed by atoms with Crippen molar-refractivity contribution >= 4 is 0 Å². The van der Waals surface area contributed by atoms with Gasteiger partial charge in [-0.2, -0.15) is 4.39 Å². The van der Waals surface area contributed by atoms with Gasteiger partial charge in [0.1, 0.15) is 0 Å². The Bertz CT molecular complexity index is 366. The molecule has 1 aromatic heterocycles. The van der Waals surface area contributed by atoms with Crippen LogP contribution in [0.2, 0.25) is 0 Å². The van der Waals surface area contributed by atoms with E-state index in [4.69, 9.17) is 4.74 Å². The van der Waals surface area contributed by atoms with E-state index in [1.165, 1.54) is 0 Å². The van der Waals surface area contributed by atoms with Crippen LogP contribution in [-0.2, 0) is 5.41 Å². The second kappa shape index (κ2) is 3.47. The van der Waals surface area contributed by atoms with E-state index in [-0.39, 0.29) is 11.5 Å². The van der Waals surface area contributed by atoms with Crippen LogP contribution in [0.5, 0.6) is 5.75 Å². The molecule has 1 fully saturated rings. The molecule has 15 heavy (non-hydrogen) atoms. The van der Waals surface area contributed by atoms with Crippen LogP contribution in [0, 0.1) is 5.95 Å². The smallest absolute Gasteiger partial charge is 0.255 e. The minimum absolute atomic E-state index is 0.0254. The van der Waals surface area contributed by atoms with Crippen molar-refractivity contribution in [2.75, 3.05) is 0 Å². The average Bonchev–Trinajstić information content (AvgIpc) is 2.90. The predicted molar refractivity (Wildman–Crippen MR) is 56.5 cm³/mol. The highest BCUT2D eigenvalue weighted by Gasteiger charge is 2.26. The molecular formula is C12H16FNO. The third-order valence-corrected chi connectivity index (χ3v) is 2.49. The van der Waals surface area contributed by atoms with Gasteiger partial charge in [0.2, 0.25) is 0 Å². The molecule has 0 saturated heterocycles. The maximum atomic E-state index is 13.3. The van der Waals surface area contributed by atoms with Gasteiger partial charge in [-0.15, -0.1) is 0 Å². The van der Waals surface area contributed by atoms with Crippen LogP contribution in [0.1, 0.15) is 39.2 Å². The van der Waals surface area contributed by atoms with Gasteiger partial charge in [-0.05, 0) is 29.9 Å². The lowest BCUT2D eigenvalue weighted by atomic mass is 9.88.